The summed E-state index contributed by atoms with van der Waals surface area (Å²) in [6, 6.07) is 2.41. The minimum atomic E-state index is -1.01. The number of Topliss-reactive ketones (excluding diaryl/α,β-unsaturated/α-hetero) is 1. The fourth-order valence-corrected chi connectivity index (χ4v) is 2.29. The topological polar surface area (TPSA) is 26.3 Å². The molecule has 1 saturated carbocycles. The summed E-state index contributed by atoms with van der Waals surface area (Å²) in [5.74, 6) is -2.00. The van der Waals surface area contributed by atoms with Crippen molar-refractivity contribution in [2.45, 2.75) is 31.8 Å². The maximum absolute atomic E-state index is 13.4. The first-order valence-electron chi connectivity index (χ1n) is 5.39. The van der Waals surface area contributed by atoms with E-state index in [1.165, 1.54) is 6.07 Å². The van der Waals surface area contributed by atoms with E-state index in [0.717, 1.165) is 12.5 Å². The quantitative estimate of drug-likeness (QED) is 0.780. The molecule has 2 rings (SSSR count). The van der Waals surface area contributed by atoms with Crippen molar-refractivity contribution in [3.63, 3.8) is 0 Å². The Morgan fingerprint density at radius 2 is 2.12 bits per heavy atom. The predicted molar refractivity (Wildman–Crippen MR) is 61.9 cm³/mol. The largest absolute Gasteiger partial charge is 0.487 e. The molecule has 1 unspecified atom stereocenters. The van der Waals surface area contributed by atoms with Gasteiger partial charge in [-0.25, -0.2) is 4.39 Å². The Morgan fingerprint density at radius 1 is 1.35 bits per heavy atom. The minimum Gasteiger partial charge on any atom is -0.487 e. The van der Waals surface area contributed by atoms with Gasteiger partial charge in [0.05, 0.1) is 0 Å². The third-order valence-corrected chi connectivity index (χ3v) is 3.15. The van der Waals surface area contributed by atoms with E-state index in [1.807, 2.05) is 0 Å². The summed E-state index contributed by atoms with van der Waals surface area (Å²) < 4.78 is 32.3. The van der Waals surface area contributed by atoms with Gasteiger partial charge < -0.3 is 4.74 Å². The van der Waals surface area contributed by atoms with E-state index in [1.54, 1.807) is 0 Å². The third kappa shape index (κ3) is 3.03. The molecular weight excluding hydrogens is 294 g/mol. The summed E-state index contributed by atoms with van der Waals surface area (Å²) in [6.07, 6.45) is 1.91. The normalized spacial score (nSPS) is 20.4. The highest BCUT2D eigenvalue weighted by Crippen LogP contribution is 2.28. The van der Waals surface area contributed by atoms with E-state index in [2.05, 4.69) is 15.9 Å². The van der Waals surface area contributed by atoms with Crippen LogP contribution in [-0.2, 0) is 4.79 Å². The van der Waals surface area contributed by atoms with Crippen molar-refractivity contribution in [1.82, 2.24) is 0 Å². The average Bonchev–Trinajstić information content (AvgIpc) is 2.25. The number of ketones is 1. The Hall–Kier alpha value is -0.970. The molecule has 0 saturated heterocycles. The van der Waals surface area contributed by atoms with Crippen LogP contribution in [0.25, 0.3) is 0 Å². The molecule has 92 valence electrons. The second-order valence-corrected chi connectivity index (χ2v) is 4.99. The van der Waals surface area contributed by atoms with Crippen molar-refractivity contribution in [3.8, 4) is 5.75 Å². The summed E-state index contributed by atoms with van der Waals surface area (Å²) >= 11 is 3.07. The maximum Gasteiger partial charge on any atom is 0.200 e. The average molecular weight is 305 g/mol. The number of benzene rings is 1. The van der Waals surface area contributed by atoms with Crippen molar-refractivity contribution >= 4 is 21.7 Å². The molecule has 1 atom stereocenters. The zero-order chi connectivity index (χ0) is 12.4. The SMILES string of the molecule is O=C1CCCC(Oc2cc(Br)cc(F)c2F)C1. The molecular formula is C12H11BrF2O2. The first-order valence-corrected chi connectivity index (χ1v) is 6.18. The van der Waals surface area contributed by atoms with E-state index >= 15 is 0 Å². The van der Waals surface area contributed by atoms with E-state index in [9.17, 15) is 13.6 Å². The maximum atomic E-state index is 13.4. The highest BCUT2D eigenvalue weighted by atomic mass is 79.9. The van der Waals surface area contributed by atoms with E-state index < -0.39 is 11.6 Å². The standard InChI is InChI=1S/C12H11BrF2O2/c13-7-4-10(14)12(15)11(5-7)17-9-3-1-2-8(16)6-9/h4-5,9H,1-3,6H2. The van der Waals surface area contributed by atoms with Crippen molar-refractivity contribution in [1.29, 1.82) is 0 Å². The fourth-order valence-electron chi connectivity index (χ4n) is 1.88. The molecule has 2 nitrogen and oxygen atoms in total. The van der Waals surface area contributed by atoms with Crippen LogP contribution in [0.15, 0.2) is 16.6 Å². The van der Waals surface area contributed by atoms with Crippen molar-refractivity contribution < 1.29 is 18.3 Å². The van der Waals surface area contributed by atoms with Gasteiger partial charge in [0.25, 0.3) is 0 Å². The van der Waals surface area contributed by atoms with Gasteiger partial charge in [-0.3, -0.25) is 4.79 Å². The van der Waals surface area contributed by atoms with Gasteiger partial charge in [-0.2, -0.15) is 4.39 Å². The summed E-state index contributed by atoms with van der Waals surface area (Å²) in [5.41, 5.74) is 0. The predicted octanol–water partition coefficient (Wildman–Crippen LogP) is 3.62. The lowest BCUT2D eigenvalue weighted by Crippen LogP contribution is -2.25. The monoisotopic (exact) mass is 304 g/mol. The van der Waals surface area contributed by atoms with Gasteiger partial charge >= 0.3 is 0 Å². The van der Waals surface area contributed by atoms with Gasteiger partial charge in [0.15, 0.2) is 11.6 Å². The summed E-state index contributed by atoms with van der Waals surface area (Å²) in [6.45, 7) is 0. The summed E-state index contributed by atoms with van der Waals surface area (Å²) in [7, 11) is 0. The number of carbonyl (C=O) groups excluding carboxylic acids is 1. The number of hydrogen-bond acceptors (Lipinski definition) is 2. The zero-order valence-electron chi connectivity index (χ0n) is 9.01. The fraction of sp³-hybridized carbons (Fsp3) is 0.417. The van der Waals surface area contributed by atoms with Crippen LogP contribution in [0, 0.1) is 11.6 Å². The van der Waals surface area contributed by atoms with Crippen molar-refractivity contribution in [2.24, 2.45) is 0 Å². The smallest absolute Gasteiger partial charge is 0.200 e. The molecule has 0 radical (unpaired) electrons. The molecule has 1 aromatic rings. The molecule has 1 aliphatic carbocycles. The summed E-state index contributed by atoms with van der Waals surface area (Å²) in [5, 5.41) is 0. The Labute approximate surface area is 106 Å². The second kappa shape index (κ2) is 5.12. The van der Waals surface area contributed by atoms with Crippen molar-refractivity contribution in [3.05, 3.63) is 28.2 Å². The Kier molecular flexibility index (Phi) is 3.76. The zero-order valence-corrected chi connectivity index (χ0v) is 10.6. The highest BCUT2D eigenvalue weighted by molar-refractivity contribution is 9.10. The minimum absolute atomic E-state index is 0.108. The molecule has 0 bridgehead atoms. The highest BCUT2D eigenvalue weighted by Gasteiger charge is 2.23. The van der Waals surface area contributed by atoms with Gasteiger partial charge in [-0.15, -0.1) is 0 Å². The first-order chi connectivity index (χ1) is 8.06. The number of halogens is 3. The molecule has 0 aromatic heterocycles. The van der Waals surface area contributed by atoms with Gasteiger partial charge in [-0.05, 0) is 25.0 Å². The number of ether oxygens (including phenoxy) is 1. The molecule has 0 N–H and O–H groups in total. The molecule has 17 heavy (non-hydrogen) atoms. The number of carbonyl (C=O) groups is 1. The lowest BCUT2D eigenvalue weighted by atomic mass is 9.96. The van der Waals surface area contributed by atoms with Crippen LogP contribution in [0.1, 0.15) is 25.7 Å². The number of rotatable bonds is 2. The van der Waals surface area contributed by atoms with E-state index in [4.69, 9.17) is 4.74 Å². The second-order valence-electron chi connectivity index (χ2n) is 4.07. The molecule has 0 amide bonds. The third-order valence-electron chi connectivity index (χ3n) is 2.69. The number of hydrogen-bond donors (Lipinski definition) is 0. The first kappa shape index (κ1) is 12.5. The molecule has 0 heterocycles. The Bertz CT molecular complexity index is 448. The molecule has 5 heteroatoms. The van der Waals surface area contributed by atoms with Crippen LogP contribution in [-0.4, -0.2) is 11.9 Å². The van der Waals surface area contributed by atoms with Crippen LogP contribution in [0.2, 0.25) is 0 Å². The molecule has 0 aliphatic heterocycles. The van der Waals surface area contributed by atoms with Crippen LogP contribution in [0.4, 0.5) is 8.78 Å². The Balaban J connectivity index is 2.15. The van der Waals surface area contributed by atoms with Crippen molar-refractivity contribution in [2.75, 3.05) is 0 Å². The lowest BCUT2D eigenvalue weighted by Gasteiger charge is -2.22. The molecule has 1 fully saturated rings. The lowest BCUT2D eigenvalue weighted by molar-refractivity contribution is -0.122. The van der Waals surface area contributed by atoms with Crippen LogP contribution in [0.3, 0.4) is 0 Å². The molecule has 0 spiro atoms. The van der Waals surface area contributed by atoms with Gasteiger partial charge in [0.1, 0.15) is 11.9 Å². The molecule has 1 aromatic carbocycles. The van der Waals surface area contributed by atoms with Gasteiger partial charge in [-0.1, -0.05) is 15.9 Å². The van der Waals surface area contributed by atoms with E-state index in [0.29, 0.717) is 17.3 Å². The Morgan fingerprint density at radius 3 is 2.82 bits per heavy atom. The van der Waals surface area contributed by atoms with Gasteiger partial charge in [0.2, 0.25) is 5.82 Å². The molecule has 1 aliphatic rings. The van der Waals surface area contributed by atoms with Crippen LogP contribution in [0.5, 0.6) is 5.75 Å². The van der Waals surface area contributed by atoms with Gasteiger partial charge in [0, 0.05) is 17.3 Å². The van der Waals surface area contributed by atoms with Crippen LogP contribution < -0.4 is 4.74 Å². The van der Waals surface area contributed by atoms with Crippen LogP contribution >= 0.6 is 15.9 Å². The summed E-state index contributed by atoms with van der Waals surface area (Å²) in [4.78, 5) is 11.2. The van der Waals surface area contributed by atoms with E-state index in [-0.39, 0.29) is 24.1 Å².